The van der Waals surface area contributed by atoms with Crippen LogP contribution in [0.5, 0.6) is 0 Å². The zero-order valence-electron chi connectivity index (χ0n) is 14.9. The number of amides is 2. The van der Waals surface area contributed by atoms with Gasteiger partial charge in [-0.25, -0.2) is 9.59 Å². The molecule has 1 aliphatic carbocycles. The fourth-order valence-corrected chi connectivity index (χ4v) is 3.24. The fourth-order valence-electron chi connectivity index (χ4n) is 3.24. The van der Waals surface area contributed by atoms with Crippen molar-refractivity contribution < 1.29 is 14.7 Å². The van der Waals surface area contributed by atoms with E-state index in [1.165, 1.54) is 31.4 Å². The predicted octanol–water partition coefficient (Wildman–Crippen LogP) is 3.72. The molecule has 1 aliphatic rings. The minimum Gasteiger partial charge on any atom is -0.478 e. The molecule has 2 amide bonds. The van der Waals surface area contributed by atoms with Gasteiger partial charge >= 0.3 is 12.0 Å². The first-order valence-electron chi connectivity index (χ1n) is 8.96. The van der Waals surface area contributed by atoms with E-state index in [4.69, 9.17) is 5.11 Å². The van der Waals surface area contributed by atoms with E-state index < -0.39 is 5.97 Å². The van der Waals surface area contributed by atoms with Crippen molar-refractivity contribution in [1.29, 1.82) is 0 Å². The van der Waals surface area contributed by atoms with E-state index >= 15 is 0 Å². The number of hydrogen-bond donors (Lipinski definition) is 3. The van der Waals surface area contributed by atoms with Crippen LogP contribution in [0.4, 0.5) is 10.6 Å². The number of aryl methyl sites for hydroxylation is 1. The van der Waals surface area contributed by atoms with Crippen LogP contribution in [0.25, 0.3) is 0 Å². The lowest BCUT2D eigenvalue weighted by molar-refractivity contribution is 0.0697. The molecule has 7 nitrogen and oxygen atoms in total. The van der Waals surface area contributed by atoms with E-state index in [1.807, 2.05) is 17.8 Å². The number of nitrogens with one attached hydrogen (secondary N) is 2. The normalized spacial score (nSPS) is 14.8. The lowest BCUT2D eigenvalue weighted by atomic mass is 9.96. The number of carbonyl (C=O) groups is 2. The maximum absolute atomic E-state index is 12.1. The predicted molar refractivity (Wildman–Crippen MR) is 98.3 cm³/mol. The Balaban J connectivity index is 1.54. The Morgan fingerprint density at radius 1 is 1.19 bits per heavy atom. The summed E-state index contributed by atoms with van der Waals surface area (Å²) >= 11 is 0. The number of aromatic nitrogens is 2. The first-order chi connectivity index (χ1) is 12.5. The van der Waals surface area contributed by atoms with Crippen LogP contribution in [0, 0.1) is 6.92 Å². The number of benzene rings is 1. The van der Waals surface area contributed by atoms with Crippen LogP contribution < -0.4 is 10.6 Å². The average molecular weight is 356 g/mol. The monoisotopic (exact) mass is 356 g/mol. The largest absolute Gasteiger partial charge is 0.478 e. The van der Waals surface area contributed by atoms with E-state index in [1.54, 1.807) is 12.1 Å². The Kier molecular flexibility index (Phi) is 5.55. The Morgan fingerprint density at radius 2 is 1.88 bits per heavy atom. The minimum absolute atomic E-state index is 0.224. The highest BCUT2D eigenvalue weighted by Gasteiger charge is 2.18. The highest BCUT2D eigenvalue weighted by molar-refractivity contribution is 5.89. The molecule has 0 spiro atoms. The van der Waals surface area contributed by atoms with Gasteiger partial charge in [-0.3, -0.25) is 10.00 Å². The summed E-state index contributed by atoms with van der Waals surface area (Å²) in [6, 6.07) is 6.51. The summed E-state index contributed by atoms with van der Waals surface area (Å²) in [6.45, 7) is 2.25. The number of aromatic carboxylic acids is 1. The second-order valence-electron chi connectivity index (χ2n) is 6.74. The van der Waals surface area contributed by atoms with Gasteiger partial charge in [-0.2, -0.15) is 5.10 Å². The molecule has 1 heterocycles. The van der Waals surface area contributed by atoms with Gasteiger partial charge in [0.2, 0.25) is 0 Å². The van der Waals surface area contributed by atoms with Crippen LogP contribution in [0.2, 0.25) is 0 Å². The van der Waals surface area contributed by atoms with Crippen LogP contribution in [-0.2, 0) is 6.54 Å². The van der Waals surface area contributed by atoms with Crippen molar-refractivity contribution in [2.45, 2.75) is 51.6 Å². The highest BCUT2D eigenvalue weighted by atomic mass is 16.4. The zero-order valence-corrected chi connectivity index (χ0v) is 14.9. The molecule has 1 aromatic carbocycles. The lowest BCUT2D eigenvalue weighted by Crippen LogP contribution is -2.28. The minimum atomic E-state index is -0.966. The molecular formula is C19H24N4O3. The average Bonchev–Trinajstić information content (AvgIpc) is 3.01. The summed E-state index contributed by atoms with van der Waals surface area (Å²) < 4.78 is 1.98. The maximum Gasteiger partial charge on any atom is 0.335 e. The topological polar surface area (TPSA) is 96.3 Å². The number of anilines is 1. The first-order valence-corrected chi connectivity index (χ1v) is 8.96. The number of carboxylic acid groups (broad SMARTS) is 1. The summed E-state index contributed by atoms with van der Waals surface area (Å²) in [5.41, 5.74) is 1.99. The molecule has 0 saturated heterocycles. The maximum atomic E-state index is 12.1. The van der Waals surface area contributed by atoms with Crippen molar-refractivity contribution in [3.63, 3.8) is 0 Å². The summed E-state index contributed by atoms with van der Waals surface area (Å²) in [5.74, 6) is -0.388. The van der Waals surface area contributed by atoms with Gasteiger partial charge in [-0.15, -0.1) is 0 Å². The number of hydrogen-bond acceptors (Lipinski definition) is 3. The Morgan fingerprint density at radius 3 is 2.54 bits per heavy atom. The molecule has 3 rings (SSSR count). The summed E-state index contributed by atoms with van der Waals surface area (Å²) in [4.78, 5) is 23.0. The van der Waals surface area contributed by atoms with Gasteiger partial charge in [0, 0.05) is 18.3 Å². The molecule has 138 valence electrons. The number of rotatable bonds is 5. The van der Waals surface area contributed by atoms with Gasteiger partial charge < -0.3 is 10.4 Å². The third-order valence-electron chi connectivity index (χ3n) is 4.75. The molecule has 3 N–H and O–H groups in total. The molecule has 26 heavy (non-hydrogen) atoms. The van der Waals surface area contributed by atoms with Crippen LogP contribution in [0.1, 0.15) is 59.6 Å². The molecular weight excluding hydrogens is 332 g/mol. The van der Waals surface area contributed by atoms with Gasteiger partial charge in [0.25, 0.3) is 0 Å². The standard InChI is InChI=1S/C19H24N4O3/c1-13-12-23(16-5-3-2-4-6-16)22-17(13)21-19(26)20-11-14-7-9-15(10-8-14)18(24)25/h7-10,12,16H,2-6,11H2,1H3,(H,24,25)(H2,20,21,22,26). The molecule has 7 heteroatoms. The first kappa shape index (κ1) is 18.0. The number of nitrogens with zero attached hydrogens (tertiary/aromatic N) is 2. The van der Waals surface area contributed by atoms with E-state index in [9.17, 15) is 9.59 Å². The third kappa shape index (κ3) is 4.41. The van der Waals surface area contributed by atoms with Crippen molar-refractivity contribution in [3.05, 3.63) is 47.2 Å². The van der Waals surface area contributed by atoms with E-state index in [0.29, 0.717) is 18.4 Å². The molecule has 1 saturated carbocycles. The van der Waals surface area contributed by atoms with E-state index in [-0.39, 0.29) is 11.6 Å². The SMILES string of the molecule is Cc1cn(C2CCCCC2)nc1NC(=O)NCc1ccc(C(=O)O)cc1. The number of urea groups is 1. The Bertz CT molecular complexity index is 777. The lowest BCUT2D eigenvalue weighted by Gasteiger charge is -2.21. The molecule has 0 aliphatic heterocycles. The zero-order chi connectivity index (χ0) is 18.5. The summed E-state index contributed by atoms with van der Waals surface area (Å²) in [7, 11) is 0. The van der Waals surface area contributed by atoms with Crippen LogP contribution in [0.3, 0.4) is 0 Å². The van der Waals surface area contributed by atoms with Crippen LogP contribution in [-0.4, -0.2) is 26.9 Å². The molecule has 0 atom stereocenters. The second kappa shape index (κ2) is 8.03. The second-order valence-corrected chi connectivity index (χ2v) is 6.74. The molecule has 0 bridgehead atoms. The fraction of sp³-hybridized carbons (Fsp3) is 0.421. The van der Waals surface area contributed by atoms with E-state index in [0.717, 1.165) is 24.0 Å². The van der Waals surface area contributed by atoms with Gasteiger partial charge in [-0.05, 0) is 37.5 Å². The summed E-state index contributed by atoms with van der Waals surface area (Å²) in [5, 5.41) is 19.0. The molecule has 1 aromatic heterocycles. The smallest absolute Gasteiger partial charge is 0.335 e. The van der Waals surface area contributed by atoms with Gasteiger partial charge in [0.05, 0.1) is 11.6 Å². The van der Waals surface area contributed by atoms with Gasteiger partial charge in [0.15, 0.2) is 5.82 Å². The molecule has 1 fully saturated rings. The van der Waals surface area contributed by atoms with Crippen LogP contribution in [0.15, 0.2) is 30.5 Å². The quantitative estimate of drug-likeness (QED) is 0.761. The number of carboxylic acids is 1. The summed E-state index contributed by atoms with van der Waals surface area (Å²) in [6.07, 6.45) is 8.02. The van der Waals surface area contributed by atoms with E-state index in [2.05, 4.69) is 15.7 Å². The highest BCUT2D eigenvalue weighted by Crippen LogP contribution is 2.28. The molecule has 0 radical (unpaired) electrons. The van der Waals surface area contributed by atoms with Crippen molar-refractivity contribution in [2.75, 3.05) is 5.32 Å². The number of carbonyl (C=O) groups excluding carboxylic acids is 1. The Labute approximate surface area is 152 Å². The van der Waals surface area contributed by atoms with Crippen molar-refractivity contribution in [1.82, 2.24) is 15.1 Å². The van der Waals surface area contributed by atoms with Gasteiger partial charge in [-0.1, -0.05) is 31.4 Å². The molecule has 2 aromatic rings. The third-order valence-corrected chi connectivity index (χ3v) is 4.75. The Hall–Kier alpha value is -2.83. The molecule has 0 unspecified atom stereocenters. The van der Waals surface area contributed by atoms with Gasteiger partial charge in [0.1, 0.15) is 0 Å². The van der Waals surface area contributed by atoms with Crippen molar-refractivity contribution >= 4 is 17.8 Å². The van der Waals surface area contributed by atoms with Crippen LogP contribution >= 0.6 is 0 Å². The van der Waals surface area contributed by atoms with Crippen molar-refractivity contribution in [3.8, 4) is 0 Å². The van der Waals surface area contributed by atoms with Crippen molar-refractivity contribution in [2.24, 2.45) is 0 Å².